The minimum Gasteiger partial charge on any atom is -0.325 e. The van der Waals surface area contributed by atoms with Crippen molar-refractivity contribution < 1.29 is 18.0 Å². The molecule has 0 spiro atoms. The smallest absolute Gasteiger partial charge is 0.325 e. The summed E-state index contributed by atoms with van der Waals surface area (Å²) < 4.78 is 37.4. The first-order chi connectivity index (χ1) is 8.21. The number of carbonyl (C=O) groups excluding carboxylic acids is 1. The van der Waals surface area contributed by atoms with Gasteiger partial charge in [0, 0.05) is 5.69 Å². The highest BCUT2D eigenvalue weighted by molar-refractivity contribution is 5.94. The molecule has 1 aromatic carbocycles. The fourth-order valence-corrected chi connectivity index (χ4v) is 1.30. The topological polar surface area (TPSA) is 55.1 Å². The lowest BCUT2D eigenvalue weighted by Crippen LogP contribution is -2.39. The zero-order valence-corrected chi connectivity index (χ0v) is 10.1. The number of carbonyl (C=O) groups is 1. The number of rotatable bonds is 3. The third-order valence-corrected chi connectivity index (χ3v) is 2.48. The van der Waals surface area contributed by atoms with Crippen molar-refractivity contribution in [1.29, 1.82) is 0 Å². The number of benzene rings is 1. The van der Waals surface area contributed by atoms with Gasteiger partial charge in [-0.25, -0.2) is 0 Å². The van der Waals surface area contributed by atoms with E-state index in [4.69, 9.17) is 5.73 Å². The second kappa shape index (κ2) is 5.39. The van der Waals surface area contributed by atoms with E-state index in [-0.39, 0.29) is 11.6 Å². The van der Waals surface area contributed by atoms with E-state index in [0.29, 0.717) is 0 Å². The molecule has 0 aliphatic rings. The highest BCUT2D eigenvalue weighted by Gasteiger charge is 2.30. The van der Waals surface area contributed by atoms with Crippen molar-refractivity contribution in [2.75, 3.05) is 5.32 Å². The van der Waals surface area contributed by atoms with Crippen molar-refractivity contribution in [2.45, 2.75) is 26.1 Å². The van der Waals surface area contributed by atoms with Crippen LogP contribution in [0.3, 0.4) is 0 Å². The zero-order valence-electron chi connectivity index (χ0n) is 10.1. The van der Waals surface area contributed by atoms with Crippen molar-refractivity contribution in [2.24, 2.45) is 11.7 Å². The third-order valence-electron chi connectivity index (χ3n) is 2.48. The Morgan fingerprint density at radius 3 is 2.44 bits per heavy atom. The average molecular weight is 260 g/mol. The van der Waals surface area contributed by atoms with Crippen LogP contribution >= 0.6 is 0 Å². The fourth-order valence-electron chi connectivity index (χ4n) is 1.30. The normalized spacial score (nSPS) is 13.5. The van der Waals surface area contributed by atoms with Crippen LogP contribution in [0.5, 0.6) is 0 Å². The Morgan fingerprint density at radius 2 is 1.94 bits per heavy atom. The molecular weight excluding hydrogens is 245 g/mol. The summed E-state index contributed by atoms with van der Waals surface area (Å²) in [6, 6.07) is 3.70. The van der Waals surface area contributed by atoms with Crippen LogP contribution in [0, 0.1) is 5.92 Å². The fraction of sp³-hybridized carbons (Fsp3) is 0.417. The van der Waals surface area contributed by atoms with Crippen molar-refractivity contribution in [3.8, 4) is 0 Å². The maximum atomic E-state index is 12.5. The summed E-state index contributed by atoms with van der Waals surface area (Å²) in [4.78, 5) is 11.6. The van der Waals surface area contributed by atoms with E-state index in [9.17, 15) is 18.0 Å². The number of amides is 1. The van der Waals surface area contributed by atoms with Crippen molar-refractivity contribution in [3.05, 3.63) is 29.8 Å². The van der Waals surface area contributed by atoms with Gasteiger partial charge in [0.2, 0.25) is 5.91 Å². The number of halogens is 3. The number of alkyl halides is 3. The Kier molecular flexibility index (Phi) is 4.34. The Bertz CT molecular complexity index is 430. The maximum absolute atomic E-state index is 12.5. The first-order valence-electron chi connectivity index (χ1n) is 5.45. The van der Waals surface area contributed by atoms with Gasteiger partial charge in [0.25, 0.3) is 0 Å². The number of hydrogen-bond donors (Lipinski definition) is 2. The van der Waals surface area contributed by atoms with Crippen LogP contribution in [0.4, 0.5) is 18.9 Å². The van der Waals surface area contributed by atoms with E-state index in [0.717, 1.165) is 12.1 Å². The van der Waals surface area contributed by atoms with Gasteiger partial charge in [-0.3, -0.25) is 4.79 Å². The molecule has 0 fully saturated rings. The molecule has 0 heterocycles. The standard InChI is InChI=1S/C12H15F3N2O/c1-7(2)10(16)11(18)17-9-5-3-4-8(6-9)12(13,14)15/h3-7,10H,16H2,1-2H3,(H,17,18). The van der Waals surface area contributed by atoms with Crippen LogP contribution in [-0.2, 0) is 11.0 Å². The first kappa shape index (κ1) is 14.5. The van der Waals surface area contributed by atoms with Crippen molar-refractivity contribution >= 4 is 11.6 Å². The molecule has 0 aliphatic carbocycles. The summed E-state index contributed by atoms with van der Waals surface area (Å²) >= 11 is 0. The first-order valence-corrected chi connectivity index (χ1v) is 5.45. The highest BCUT2D eigenvalue weighted by Crippen LogP contribution is 2.30. The molecule has 100 valence electrons. The number of hydrogen-bond acceptors (Lipinski definition) is 2. The van der Waals surface area contributed by atoms with Gasteiger partial charge in [0.1, 0.15) is 0 Å². The molecule has 3 nitrogen and oxygen atoms in total. The monoisotopic (exact) mass is 260 g/mol. The molecule has 0 saturated carbocycles. The molecule has 0 radical (unpaired) electrons. The highest BCUT2D eigenvalue weighted by atomic mass is 19.4. The molecular formula is C12H15F3N2O. The molecule has 0 saturated heterocycles. The van der Waals surface area contributed by atoms with Crippen LogP contribution in [0.2, 0.25) is 0 Å². The van der Waals surface area contributed by atoms with E-state index in [1.165, 1.54) is 12.1 Å². The Labute approximate surface area is 103 Å². The van der Waals surface area contributed by atoms with Gasteiger partial charge < -0.3 is 11.1 Å². The summed E-state index contributed by atoms with van der Waals surface area (Å²) in [5.41, 5.74) is 4.88. The summed E-state index contributed by atoms with van der Waals surface area (Å²) in [7, 11) is 0. The van der Waals surface area contributed by atoms with E-state index in [1.807, 2.05) is 0 Å². The molecule has 1 rings (SSSR count). The van der Waals surface area contributed by atoms with Crippen molar-refractivity contribution in [3.63, 3.8) is 0 Å². The van der Waals surface area contributed by atoms with E-state index in [1.54, 1.807) is 13.8 Å². The largest absolute Gasteiger partial charge is 0.416 e. The van der Waals surface area contributed by atoms with Crippen LogP contribution in [-0.4, -0.2) is 11.9 Å². The number of nitrogens with two attached hydrogens (primary N) is 1. The maximum Gasteiger partial charge on any atom is 0.416 e. The summed E-state index contributed by atoms with van der Waals surface area (Å²) in [6.45, 7) is 3.52. The quantitative estimate of drug-likeness (QED) is 0.877. The number of nitrogens with one attached hydrogen (secondary N) is 1. The minimum atomic E-state index is -4.43. The molecule has 6 heteroatoms. The molecule has 1 amide bonds. The van der Waals surface area contributed by atoms with Crippen LogP contribution < -0.4 is 11.1 Å². The predicted molar refractivity (Wildman–Crippen MR) is 62.9 cm³/mol. The van der Waals surface area contributed by atoms with Gasteiger partial charge in [-0.15, -0.1) is 0 Å². The number of anilines is 1. The van der Waals surface area contributed by atoms with Crippen LogP contribution in [0.1, 0.15) is 19.4 Å². The third kappa shape index (κ3) is 3.73. The molecule has 0 aromatic heterocycles. The lowest BCUT2D eigenvalue weighted by Gasteiger charge is -2.16. The molecule has 1 atom stereocenters. The van der Waals surface area contributed by atoms with E-state index < -0.39 is 23.7 Å². The van der Waals surface area contributed by atoms with Gasteiger partial charge in [-0.1, -0.05) is 19.9 Å². The van der Waals surface area contributed by atoms with Gasteiger partial charge in [0.15, 0.2) is 0 Å². The minimum absolute atomic E-state index is 0.0872. The Hall–Kier alpha value is -1.56. The molecule has 0 bridgehead atoms. The van der Waals surface area contributed by atoms with Gasteiger partial charge in [-0.2, -0.15) is 13.2 Å². The lowest BCUT2D eigenvalue weighted by molar-refractivity contribution is -0.137. The second-order valence-electron chi connectivity index (χ2n) is 4.34. The van der Waals surface area contributed by atoms with E-state index in [2.05, 4.69) is 5.32 Å². The SMILES string of the molecule is CC(C)C(N)C(=O)Nc1cccc(C(F)(F)F)c1. The second-order valence-corrected chi connectivity index (χ2v) is 4.34. The predicted octanol–water partition coefficient (Wildman–Crippen LogP) is 2.63. The lowest BCUT2D eigenvalue weighted by atomic mass is 10.0. The van der Waals surface area contributed by atoms with Gasteiger partial charge in [0.05, 0.1) is 11.6 Å². The molecule has 18 heavy (non-hydrogen) atoms. The van der Waals surface area contributed by atoms with Gasteiger partial charge >= 0.3 is 6.18 Å². The Morgan fingerprint density at radius 1 is 1.33 bits per heavy atom. The average Bonchev–Trinajstić information content (AvgIpc) is 2.27. The van der Waals surface area contributed by atoms with Crippen LogP contribution in [0.15, 0.2) is 24.3 Å². The Balaban J connectivity index is 2.83. The van der Waals surface area contributed by atoms with Crippen LogP contribution in [0.25, 0.3) is 0 Å². The van der Waals surface area contributed by atoms with Gasteiger partial charge in [-0.05, 0) is 24.1 Å². The molecule has 1 aromatic rings. The van der Waals surface area contributed by atoms with Crippen molar-refractivity contribution in [1.82, 2.24) is 0 Å². The van der Waals surface area contributed by atoms with E-state index >= 15 is 0 Å². The summed E-state index contributed by atoms with van der Waals surface area (Å²) in [5.74, 6) is -0.583. The molecule has 0 aliphatic heterocycles. The molecule has 1 unspecified atom stereocenters. The summed E-state index contributed by atoms with van der Waals surface area (Å²) in [6.07, 6.45) is -4.43. The molecule has 3 N–H and O–H groups in total. The zero-order chi connectivity index (χ0) is 13.9. The summed E-state index contributed by atoms with van der Waals surface area (Å²) in [5, 5.41) is 2.37.